The summed E-state index contributed by atoms with van der Waals surface area (Å²) in [5, 5.41) is 12.5. The summed E-state index contributed by atoms with van der Waals surface area (Å²) in [6.07, 6.45) is 2.55. The molecule has 2 N–H and O–H groups in total. The van der Waals surface area contributed by atoms with Crippen LogP contribution in [0.5, 0.6) is 11.5 Å². The zero-order chi connectivity index (χ0) is 39.4. The highest BCUT2D eigenvalue weighted by molar-refractivity contribution is 6.05. The number of phenolic OH excluding ortho intramolecular Hbond substituents is 1. The van der Waals surface area contributed by atoms with Gasteiger partial charge in [0, 0.05) is 93.5 Å². The fourth-order valence-electron chi connectivity index (χ4n) is 9.64. The lowest BCUT2D eigenvalue weighted by molar-refractivity contribution is -0.136. The summed E-state index contributed by atoms with van der Waals surface area (Å²) in [4.78, 5) is 45.9. The van der Waals surface area contributed by atoms with Crippen molar-refractivity contribution in [2.45, 2.75) is 57.0 Å². The Hall–Kier alpha value is -5.49. The van der Waals surface area contributed by atoms with Crippen LogP contribution in [0.1, 0.15) is 75.7 Å². The molecule has 0 bridgehead atoms. The maximum Gasteiger partial charge on any atom is 0.255 e. The van der Waals surface area contributed by atoms with E-state index in [0.717, 1.165) is 86.6 Å². The quantitative estimate of drug-likeness (QED) is 0.218. The summed E-state index contributed by atoms with van der Waals surface area (Å²) in [5.74, 6) is -0.579. The highest BCUT2D eigenvalue weighted by Gasteiger charge is 2.40. The standard InChI is InChI=1S/C45H47F2N5O5/c1-27-20-29(2-8-37(27)46)36-26-57-41-23-33(53)5-7-35(41)43(36)30-3-9-39(38(47)22-30)51-14-12-28(13-15-51)24-49-16-18-50(19-17-49)32-4-6-34-31(21-32)25-52(45(34)56)40-10-11-42(54)48-44(40)55/h2-9,20-23,28,36,40,43,53H,10-19,24-26H2,1H3,(H,48,54,55)/t36-,40+,43?/m1/s1. The molecule has 0 spiro atoms. The minimum absolute atomic E-state index is 0.105. The van der Waals surface area contributed by atoms with E-state index in [0.29, 0.717) is 48.1 Å². The van der Waals surface area contributed by atoms with E-state index in [4.69, 9.17) is 4.74 Å². The number of phenols is 1. The minimum atomic E-state index is -0.618. The molecular formula is C45H47F2N5O5. The molecule has 0 aromatic heterocycles. The average molecular weight is 776 g/mol. The van der Waals surface area contributed by atoms with Crippen LogP contribution in [0.25, 0.3) is 0 Å². The van der Waals surface area contributed by atoms with Crippen molar-refractivity contribution in [2.24, 2.45) is 5.92 Å². The van der Waals surface area contributed by atoms with Crippen LogP contribution in [0, 0.1) is 24.5 Å². The summed E-state index contributed by atoms with van der Waals surface area (Å²) in [5.41, 5.74) is 6.38. The molecule has 5 heterocycles. The number of benzene rings is 4. The number of piperidine rings is 2. The third kappa shape index (κ3) is 7.20. The number of carbonyl (C=O) groups is 3. The molecule has 3 amide bonds. The number of nitrogens with one attached hydrogen (secondary N) is 1. The second kappa shape index (κ2) is 15.1. The van der Waals surface area contributed by atoms with Crippen LogP contribution in [0.2, 0.25) is 0 Å². The molecule has 3 atom stereocenters. The Morgan fingerprint density at radius 3 is 2.35 bits per heavy atom. The summed E-state index contributed by atoms with van der Waals surface area (Å²) < 4.78 is 36.4. The van der Waals surface area contributed by atoms with Crippen LogP contribution in [0.15, 0.2) is 72.8 Å². The molecular weight excluding hydrogens is 729 g/mol. The predicted molar refractivity (Wildman–Crippen MR) is 212 cm³/mol. The molecule has 12 heteroatoms. The number of imide groups is 1. The van der Waals surface area contributed by atoms with E-state index in [1.807, 2.05) is 36.4 Å². The van der Waals surface area contributed by atoms with Crippen LogP contribution in [-0.2, 0) is 16.1 Å². The number of aromatic hydroxyl groups is 1. The van der Waals surface area contributed by atoms with Gasteiger partial charge in [0.15, 0.2) is 0 Å². The molecule has 1 unspecified atom stereocenters. The Morgan fingerprint density at radius 2 is 1.60 bits per heavy atom. The lowest BCUT2D eigenvalue weighted by Gasteiger charge is -2.40. The number of carbonyl (C=O) groups excluding carboxylic acids is 3. The maximum absolute atomic E-state index is 16.1. The minimum Gasteiger partial charge on any atom is -0.508 e. The first-order valence-electron chi connectivity index (χ1n) is 20.1. The number of anilines is 2. The Bertz CT molecular complexity index is 2230. The van der Waals surface area contributed by atoms with E-state index in [2.05, 4.69) is 26.1 Å². The predicted octanol–water partition coefficient (Wildman–Crippen LogP) is 6.09. The molecule has 5 aliphatic rings. The second-order valence-corrected chi connectivity index (χ2v) is 16.3. The van der Waals surface area contributed by atoms with Gasteiger partial charge >= 0.3 is 0 Å². The van der Waals surface area contributed by atoms with Crippen molar-refractivity contribution in [1.82, 2.24) is 15.1 Å². The van der Waals surface area contributed by atoms with Gasteiger partial charge in [-0.05, 0) is 96.8 Å². The third-order valence-electron chi connectivity index (χ3n) is 12.8. The molecule has 0 radical (unpaired) electrons. The van der Waals surface area contributed by atoms with Crippen molar-refractivity contribution in [3.8, 4) is 11.5 Å². The molecule has 57 heavy (non-hydrogen) atoms. The number of piperazine rings is 1. The SMILES string of the molecule is Cc1cc([C@H]2COc3cc(O)ccc3C2c2ccc(N3CCC(CN4CCN(c5ccc6c(c5)CN([C@H]5CCC(=O)NC5=O)C6=O)CC4)CC3)c(F)c2)ccc1F. The molecule has 296 valence electrons. The van der Waals surface area contributed by atoms with Crippen molar-refractivity contribution >= 4 is 29.1 Å². The molecule has 4 aromatic carbocycles. The number of aryl methyl sites for hydroxylation is 1. The fourth-order valence-corrected chi connectivity index (χ4v) is 9.64. The number of ether oxygens (including phenoxy) is 1. The largest absolute Gasteiger partial charge is 0.508 e. The smallest absolute Gasteiger partial charge is 0.255 e. The van der Waals surface area contributed by atoms with Gasteiger partial charge in [0.2, 0.25) is 11.8 Å². The first-order chi connectivity index (χ1) is 27.6. The average Bonchev–Trinajstić information content (AvgIpc) is 3.53. The first kappa shape index (κ1) is 37.1. The Kier molecular flexibility index (Phi) is 9.84. The van der Waals surface area contributed by atoms with Crippen LogP contribution in [-0.4, -0.2) is 91.1 Å². The fraction of sp³-hybridized carbons (Fsp3) is 0.400. The van der Waals surface area contributed by atoms with E-state index >= 15 is 4.39 Å². The summed E-state index contributed by atoms with van der Waals surface area (Å²) in [6.45, 7) is 8.61. The topological polar surface area (TPSA) is 106 Å². The third-order valence-corrected chi connectivity index (χ3v) is 12.8. The van der Waals surface area contributed by atoms with Gasteiger partial charge in [-0.25, -0.2) is 8.78 Å². The zero-order valence-electron chi connectivity index (χ0n) is 32.1. The number of fused-ring (bicyclic) bond motifs is 2. The van der Waals surface area contributed by atoms with Crippen molar-refractivity contribution in [2.75, 3.05) is 62.2 Å². The molecule has 10 nitrogen and oxygen atoms in total. The highest BCUT2D eigenvalue weighted by atomic mass is 19.1. The lowest BCUT2D eigenvalue weighted by Crippen LogP contribution is -2.52. The zero-order valence-corrected chi connectivity index (χ0v) is 32.1. The van der Waals surface area contributed by atoms with E-state index in [1.54, 1.807) is 36.1 Å². The lowest BCUT2D eigenvalue weighted by atomic mass is 9.75. The van der Waals surface area contributed by atoms with Crippen LogP contribution < -0.4 is 19.9 Å². The molecule has 3 saturated heterocycles. The molecule has 3 fully saturated rings. The molecule has 0 aliphatic carbocycles. The van der Waals surface area contributed by atoms with Gasteiger partial charge in [-0.2, -0.15) is 0 Å². The van der Waals surface area contributed by atoms with E-state index in [9.17, 15) is 23.9 Å². The summed E-state index contributed by atoms with van der Waals surface area (Å²) in [6, 6.07) is 21.0. The number of amides is 3. The van der Waals surface area contributed by atoms with E-state index in [-0.39, 0.29) is 47.5 Å². The van der Waals surface area contributed by atoms with Crippen LogP contribution >= 0.6 is 0 Å². The van der Waals surface area contributed by atoms with Crippen molar-refractivity contribution in [3.05, 3.63) is 118 Å². The first-order valence-corrected chi connectivity index (χ1v) is 20.1. The molecule has 5 aliphatic heterocycles. The van der Waals surface area contributed by atoms with E-state index < -0.39 is 11.9 Å². The van der Waals surface area contributed by atoms with E-state index in [1.165, 1.54) is 6.07 Å². The van der Waals surface area contributed by atoms with Gasteiger partial charge in [-0.3, -0.25) is 24.6 Å². The summed E-state index contributed by atoms with van der Waals surface area (Å²) in [7, 11) is 0. The molecule has 4 aromatic rings. The highest BCUT2D eigenvalue weighted by Crippen LogP contribution is 2.48. The van der Waals surface area contributed by atoms with Gasteiger partial charge in [0.05, 0.1) is 12.3 Å². The van der Waals surface area contributed by atoms with Gasteiger partial charge in [0.25, 0.3) is 5.91 Å². The summed E-state index contributed by atoms with van der Waals surface area (Å²) >= 11 is 0. The normalized spacial score (nSPS) is 23.0. The Balaban J connectivity index is 0.803. The van der Waals surface area contributed by atoms with Crippen molar-refractivity contribution in [1.29, 1.82) is 0 Å². The van der Waals surface area contributed by atoms with Crippen molar-refractivity contribution < 1.29 is 33.0 Å². The molecule has 0 saturated carbocycles. The number of hydrogen-bond acceptors (Lipinski definition) is 8. The van der Waals surface area contributed by atoms with Gasteiger partial charge < -0.3 is 24.5 Å². The van der Waals surface area contributed by atoms with Crippen LogP contribution in [0.3, 0.4) is 0 Å². The number of halogens is 2. The maximum atomic E-state index is 16.1. The Labute approximate surface area is 331 Å². The second-order valence-electron chi connectivity index (χ2n) is 16.3. The molecule has 9 rings (SSSR count). The number of nitrogens with zero attached hydrogens (tertiary/aromatic N) is 4. The van der Waals surface area contributed by atoms with Gasteiger partial charge in [-0.1, -0.05) is 24.3 Å². The Morgan fingerprint density at radius 1 is 0.807 bits per heavy atom. The van der Waals surface area contributed by atoms with Crippen molar-refractivity contribution in [3.63, 3.8) is 0 Å². The van der Waals surface area contributed by atoms with Gasteiger partial charge in [0.1, 0.15) is 29.2 Å². The van der Waals surface area contributed by atoms with Crippen LogP contribution in [0.4, 0.5) is 20.2 Å². The van der Waals surface area contributed by atoms with Gasteiger partial charge in [-0.15, -0.1) is 0 Å². The number of rotatable bonds is 7. The number of hydrogen-bond donors (Lipinski definition) is 2. The monoisotopic (exact) mass is 775 g/mol.